The fraction of sp³-hybridized carbons (Fsp3) is 0.900. The average Bonchev–Trinajstić information content (AvgIpc) is 2.57. The van der Waals surface area contributed by atoms with Crippen LogP contribution in [0.25, 0.3) is 0 Å². The summed E-state index contributed by atoms with van der Waals surface area (Å²) in [6.45, 7) is 14.0. The van der Waals surface area contributed by atoms with Crippen LogP contribution >= 0.6 is 0 Å². The van der Waals surface area contributed by atoms with Gasteiger partial charge in [-0.2, -0.15) is 0 Å². The van der Waals surface area contributed by atoms with Crippen LogP contribution in [0.1, 0.15) is 52.9 Å². The lowest BCUT2D eigenvalue weighted by molar-refractivity contribution is -0.139. The van der Waals surface area contributed by atoms with Gasteiger partial charge in [-0.3, -0.25) is 14.7 Å². The number of rotatable bonds is 9. The Morgan fingerprint density at radius 1 is 1.15 bits per heavy atom. The van der Waals surface area contributed by atoms with E-state index in [9.17, 15) is 4.79 Å². The van der Waals surface area contributed by atoms with Crippen LogP contribution in [-0.2, 0) is 4.79 Å². The summed E-state index contributed by atoms with van der Waals surface area (Å²) in [6, 6.07) is 0. The number of carbonyl (C=O) groups is 1. The lowest BCUT2D eigenvalue weighted by atomic mass is 9.84. The monoisotopic (exact) mass is 365 g/mol. The van der Waals surface area contributed by atoms with Crippen LogP contribution in [0.4, 0.5) is 0 Å². The molecule has 0 aromatic heterocycles. The number of hydrogen-bond donors (Lipinski definition) is 2. The minimum Gasteiger partial charge on any atom is -0.357 e. The Morgan fingerprint density at radius 2 is 1.88 bits per heavy atom. The Balaban J connectivity index is 1.61. The standard InChI is InChI=1S/C20H39N5O/c1-4-21-20(22-10-6-7-17(2)3)23-11-12-24-13-15-25(16-14-24)19(26)18-8-5-9-18/h17-18H,4-16H2,1-3H3,(H2,21,22,23). The zero-order valence-corrected chi connectivity index (χ0v) is 17.1. The van der Waals surface area contributed by atoms with Crippen LogP contribution in [0.2, 0.25) is 0 Å². The lowest BCUT2D eigenvalue weighted by Gasteiger charge is -2.38. The number of nitrogens with one attached hydrogen (secondary N) is 2. The number of amides is 1. The second-order valence-corrected chi connectivity index (χ2v) is 8.02. The van der Waals surface area contributed by atoms with E-state index in [1.54, 1.807) is 0 Å². The summed E-state index contributed by atoms with van der Waals surface area (Å²) in [5, 5.41) is 6.77. The summed E-state index contributed by atoms with van der Waals surface area (Å²) in [5.41, 5.74) is 0. The van der Waals surface area contributed by atoms with Gasteiger partial charge in [-0.05, 0) is 38.5 Å². The number of hydrogen-bond acceptors (Lipinski definition) is 3. The molecule has 1 aliphatic carbocycles. The molecule has 1 amide bonds. The molecule has 0 atom stereocenters. The van der Waals surface area contributed by atoms with Crippen molar-refractivity contribution in [3.05, 3.63) is 0 Å². The molecule has 0 radical (unpaired) electrons. The number of piperazine rings is 1. The highest BCUT2D eigenvalue weighted by atomic mass is 16.2. The molecule has 1 aliphatic heterocycles. The molecular formula is C20H39N5O. The molecule has 0 aromatic rings. The third-order valence-electron chi connectivity index (χ3n) is 5.41. The van der Waals surface area contributed by atoms with Crippen LogP contribution in [0.3, 0.4) is 0 Å². The quantitative estimate of drug-likeness (QED) is 0.372. The highest BCUT2D eigenvalue weighted by Crippen LogP contribution is 2.28. The van der Waals surface area contributed by atoms with Crippen molar-refractivity contribution in [3.8, 4) is 0 Å². The van der Waals surface area contributed by atoms with Crippen molar-refractivity contribution in [1.29, 1.82) is 0 Å². The third-order valence-corrected chi connectivity index (χ3v) is 5.41. The molecule has 0 spiro atoms. The summed E-state index contributed by atoms with van der Waals surface area (Å²) in [5.74, 6) is 2.40. The summed E-state index contributed by atoms with van der Waals surface area (Å²) in [7, 11) is 0. The Labute approximate surface area is 159 Å². The number of guanidine groups is 1. The second kappa shape index (κ2) is 11.4. The highest BCUT2D eigenvalue weighted by molar-refractivity contribution is 5.80. The lowest BCUT2D eigenvalue weighted by Crippen LogP contribution is -2.52. The van der Waals surface area contributed by atoms with E-state index < -0.39 is 0 Å². The van der Waals surface area contributed by atoms with Gasteiger partial charge in [-0.15, -0.1) is 0 Å². The van der Waals surface area contributed by atoms with Gasteiger partial charge in [0.15, 0.2) is 5.96 Å². The average molecular weight is 366 g/mol. The van der Waals surface area contributed by atoms with Gasteiger partial charge < -0.3 is 15.5 Å². The molecule has 2 fully saturated rings. The predicted octanol–water partition coefficient (Wildman–Crippen LogP) is 1.92. The van der Waals surface area contributed by atoms with Crippen molar-refractivity contribution < 1.29 is 4.79 Å². The van der Waals surface area contributed by atoms with Crippen molar-refractivity contribution in [2.24, 2.45) is 16.8 Å². The minimum absolute atomic E-state index is 0.331. The van der Waals surface area contributed by atoms with Crippen LogP contribution in [0.15, 0.2) is 4.99 Å². The summed E-state index contributed by atoms with van der Waals surface area (Å²) in [4.78, 5) is 21.5. The zero-order valence-electron chi connectivity index (χ0n) is 17.1. The maximum Gasteiger partial charge on any atom is 0.225 e. The molecule has 26 heavy (non-hydrogen) atoms. The molecule has 2 rings (SSSR count). The van der Waals surface area contributed by atoms with E-state index in [4.69, 9.17) is 0 Å². The molecule has 0 unspecified atom stereocenters. The minimum atomic E-state index is 0.331. The molecule has 0 aromatic carbocycles. The molecule has 1 heterocycles. The third kappa shape index (κ3) is 7.14. The van der Waals surface area contributed by atoms with Crippen molar-refractivity contribution in [1.82, 2.24) is 20.4 Å². The summed E-state index contributed by atoms with van der Waals surface area (Å²) in [6.07, 6.45) is 5.81. The van der Waals surface area contributed by atoms with Crippen molar-refractivity contribution >= 4 is 11.9 Å². The van der Waals surface area contributed by atoms with Crippen molar-refractivity contribution in [3.63, 3.8) is 0 Å². The first-order valence-electron chi connectivity index (χ1n) is 10.6. The van der Waals surface area contributed by atoms with Crippen LogP contribution in [0, 0.1) is 11.8 Å². The Bertz CT molecular complexity index is 439. The second-order valence-electron chi connectivity index (χ2n) is 8.02. The van der Waals surface area contributed by atoms with Gasteiger partial charge in [0, 0.05) is 58.3 Å². The van der Waals surface area contributed by atoms with Gasteiger partial charge >= 0.3 is 0 Å². The van der Waals surface area contributed by atoms with Crippen molar-refractivity contribution in [2.75, 3.05) is 52.4 Å². The maximum atomic E-state index is 12.3. The van der Waals surface area contributed by atoms with Gasteiger partial charge in [0.25, 0.3) is 0 Å². The Hall–Kier alpha value is -1.30. The van der Waals surface area contributed by atoms with E-state index in [0.717, 1.165) is 83.5 Å². The fourth-order valence-corrected chi connectivity index (χ4v) is 3.47. The molecule has 0 bridgehead atoms. The normalized spacial score (nSPS) is 19.5. The van der Waals surface area contributed by atoms with Gasteiger partial charge in [0.05, 0.1) is 0 Å². The first-order chi connectivity index (χ1) is 12.6. The first-order valence-corrected chi connectivity index (χ1v) is 10.6. The molecule has 6 nitrogen and oxygen atoms in total. The smallest absolute Gasteiger partial charge is 0.225 e. The Morgan fingerprint density at radius 3 is 2.46 bits per heavy atom. The molecule has 150 valence electrons. The Kier molecular flexibility index (Phi) is 9.23. The summed E-state index contributed by atoms with van der Waals surface area (Å²) < 4.78 is 0. The first kappa shape index (κ1) is 21.0. The number of carbonyl (C=O) groups excluding carboxylic acids is 1. The van der Waals surface area contributed by atoms with E-state index >= 15 is 0 Å². The fourth-order valence-electron chi connectivity index (χ4n) is 3.47. The summed E-state index contributed by atoms with van der Waals surface area (Å²) >= 11 is 0. The van der Waals surface area contributed by atoms with Crippen molar-refractivity contribution in [2.45, 2.75) is 52.9 Å². The van der Waals surface area contributed by atoms with Crippen LogP contribution in [0.5, 0.6) is 0 Å². The molecule has 1 saturated carbocycles. The van der Waals surface area contributed by atoms with Gasteiger partial charge in [-0.1, -0.05) is 20.3 Å². The maximum absolute atomic E-state index is 12.3. The number of nitrogens with zero attached hydrogens (tertiary/aromatic N) is 3. The zero-order chi connectivity index (χ0) is 18.8. The van der Waals surface area contributed by atoms with E-state index in [1.807, 2.05) is 0 Å². The van der Waals surface area contributed by atoms with E-state index in [1.165, 1.54) is 12.8 Å². The van der Waals surface area contributed by atoms with E-state index in [2.05, 4.69) is 46.2 Å². The SMILES string of the molecule is CCNC(=NCCCC(C)C)NCCN1CCN(C(=O)C2CCC2)CC1. The molecule has 6 heteroatoms. The van der Waals surface area contributed by atoms with Gasteiger partial charge in [0.1, 0.15) is 0 Å². The van der Waals surface area contributed by atoms with E-state index in [0.29, 0.717) is 11.8 Å². The number of aliphatic imine (C=N–C) groups is 1. The topological polar surface area (TPSA) is 60.0 Å². The molecule has 2 N–H and O–H groups in total. The van der Waals surface area contributed by atoms with E-state index in [-0.39, 0.29) is 0 Å². The van der Waals surface area contributed by atoms with Crippen LogP contribution in [-0.4, -0.2) is 74.0 Å². The molecule has 2 aliphatic rings. The molecular weight excluding hydrogens is 326 g/mol. The van der Waals surface area contributed by atoms with Crippen LogP contribution < -0.4 is 10.6 Å². The van der Waals surface area contributed by atoms with Gasteiger partial charge in [-0.25, -0.2) is 0 Å². The highest BCUT2D eigenvalue weighted by Gasteiger charge is 2.30. The molecule has 1 saturated heterocycles. The largest absolute Gasteiger partial charge is 0.357 e. The predicted molar refractivity (Wildman–Crippen MR) is 108 cm³/mol. The van der Waals surface area contributed by atoms with Gasteiger partial charge in [0.2, 0.25) is 5.91 Å².